The lowest BCUT2D eigenvalue weighted by Gasteiger charge is -2.49. The van der Waals surface area contributed by atoms with Gasteiger partial charge in [-0.05, 0) is 12.0 Å². The molecule has 4 saturated heterocycles. The van der Waals surface area contributed by atoms with Crippen LogP contribution in [-0.2, 0) is 33.2 Å². The summed E-state index contributed by atoms with van der Waals surface area (Å²) in [6, 6.07) is 0. The van der Waals surface area contributed by atoms with Gasteiger partial charge in [0, 0.05) is 11.8 Å². The topological polar surface area (TPSA) is 409 Å². The van der Waals surface area contributed by atoms with Crippen LogP contribution in [0.2, 0.25) is 0 Å². The minimum Gasteiger partial charge on any atom is -0.394 e. The van der Waals surface area contributed by atoms with Crippen LogP contribution in [0, 0.1) is 11.8 Å². The summed E-state index contributed by atoms with van der Waals surface area (Å²) in [7, 11) is 0. The van der Waals surface area contributed by atoms with Crippen LogP contribution >= 0.6 is 0 Å². The van der Waals surface area contributed by atoms with Crippen molar-refractivity contribution in [2.24, 2.45) is 11.8 Å². The monoisotopic (exact) mass is 822 g/mol. The molecule has 24 nitrogen and oxygen atoms in total. The van der Waals surface area contributed by atoms with Crippen molar-refractivity contribution in [3.63, 3.8) is 0 Å². The van der Waals surface area contributed by atoms with E-state index in [1.807, 2.05) is 0 Å². The summed E-state index contributed by atoms with van der Waals surface area (Å²) in [4.78, 5) is 0. The van der Waals surface area contributed by atoms with Crippen molar-refractivity contribution < 1.29 is 120 Å². The summed E-state index contributed by atoms with van der Waals surface area (Å²) in [5.74, 6) is -2.31. The second-order valence-corrected chi connectivity index (χ2v) is 14.5. The average Bonchev–Trinajstić information content (AvgIpc) is 3.19. The molecule has 17 N–H and O–H groups in total. The zero-order valence-corrected chi connectivity index (χ0v) is 29.6. The second-order valence-electron chi connectivity index (χ2n) is 14.5. The van der Waals surface area contributed by atoms with Gasteiger partial charge in [0.25, 0.3) is 0 Å². The highest BCUT2D eigenvalue weighted by Gasteiger charge is 2.54. The molecule has 56 heavy (non-hydrogen) atoms. The van der Waals surface area contributed by atoms with Crippen molar-refractivity contribution in [2.45, 2.75) is 141 Å². The van der Waals surface area contributed by atoms with E-state index in [2.05, 4.69) is 0 Å². The van der Waals surface area contributed by atoms with Crippen LogP contribution in [0.4, 0.5) is 0 Å². The van der Waals surface area contributed by atoms with Crippen molar-refractivity contribution in [1.29, 1.82) is 0 Å². The molecule has 0 spiro atoms. The SMILES string of the molecule is OCC1=C[C@H](C[C@@H]2C(CO)O[C@H](O[C@@H]3C(CO)O[C@H](O[C@@H]4C(CO)OC(O)C(O)[C@H]4O)C(O)[C@H]3O)C(O)[C@H]2O)[C@H](O)[C@@H](O)[C@@H]1O[C@H]1OC(CO)[C@@H](O)[C@H](O)C1O. The first-order valence-electron chi connectivity index (χ1n) is 18.0. The molecular weight excluding hydrogens is 768 g/mol. The molecule has 4 aliphatic heterocycles. The lowest BCUT2D eigenvalue weighted by atomic mass is 9.75. The molecule has 24 heteroatoms. The third kappa shape index (κ3) is 9.09. The van der Waals surface area contributed by atoms with E-state index < -0.39 is 180 Å². The van der Waals surface area contributed by atoms with Crippen LogP contribution in [0.5, 0.6) is 0 Å². The van der Waals surface area contributed by atoms with Gasteiger partial charge in [-0.3, -0.25) is 0 Å². The number of hydrogen-bond donors (Lipinski definition) is 17. The molecule has 5 aliphatic rings. The third-order valence-electron chi connectivity index (χ3n) is 11.0. The van der Waals surface area contributed by atoms with Crippen LogP contribution < -0.4 is 0 Å². The molecule has 0 bridgehead atoms. The van der Waals surface area contributed by atoms with Crippen molar-refractivity contribution in [2.75, 3.05) is 33.0 Å². The molecule has 4 fully saturated rings. The Kier molecular flexibility index (Phi) is 15.9. The molecular formula is C32H54O24. The first-order valence-corrected chi connectivity index (χ1v) is 18.0. The maximum atomic E-state index is 11.2. The van der Waals surface area contributed by atoms with E-state index in [0.717, 1.165) is 0 Å². The zero-order valence-electron chi connectivity index (χ0n) is 29.6. The highest BCUT2D eigenvalue weighted by atomic mass is 16.8. The fourth-order valence-electron chi connectivity index (χ4n) is 7.72. The third-order valence-corrected chi connectivity index (χ3v) is 11.0. The van der Waals surface area contributed by atoms with E-state index in [-0.39, 0.29) is 12.0 Å². The summed E-state index contributed by atoms with van der Waals surface area (Å²) in [6.45, 7) is -4.10. The molecule has 9 unspecified atom stereocenters. The Hall–Kier alpha value is -1.22. The number of aliphatic hydroxyl groups is 17. The van der Waals surface area contributed by atoms with Crippen LogP contribution in [0.15, 0.2) is 11.6 Å². The summed E-state index contributed by atoms with van der Waals surface area (Å²) >= 11 is 0. The number of hydrogen-bond acceptors (Lipinski definition) is 24. The van der Waals surface area contributed by atoms with Gasteiger partial charge in [-0.2, -0.15) is 0 Å². The number of rotatable bonds is 13. The van der Waals surface area contributed by atoms with Crippen LogP contribution in [0.1, 0.15) is 6.42 Å². The molecule has 0 radical (unpaired) electrons. The Morgan fingerprint density at radius 1 is 0.429 bits per heavy atom. The first-order chi connectivity index (χ1) is 26.5. The predicted octanol–water partition coefficient (Wildman–Crippen LogP) is -10.5. The smallest absolute Gasteiger partial charge is 0.187 e. The maximum Gasteiger partial charge on any atom is 0.187 e. The Bertz CT molecular complexity index is 1260. The van der Waals surface area contributed by atoms with Gasteiger partial charge in [-0.25, -0.2) is 0 Å². The lowest BCUT2D eigenvalue weighted by Crippen LogP contribution is -2.66. The Morgan fingerprint density at radius 2 is 0.893 bits per heavy atom. The van der Waals surface area contributed by atoms with Gasteiger partial charge in [0.15, 0.2) is 25.2 Å². The van der Waals surface area contributed by atoms with Gasteiger partial charge in [-0.1, -0.05) is 6.08 Å². The van der Waals surface area contributed by atoms with Crippen molar-refractivity contribution in [1.82, 2.24) is 0 Å². The molecule has 0 amide bonds. The van der Waals surface area contributed by atoms with E-state index in [0.29, 0.717) is 0 Å². The standard InChI is InChI=1S/C32H54O24/c33-3-9-1-8(15(38)19(42)26(9)54-31-24(47)18(41)17(40)12(5-35)52-31)2-10-11(4-34)51-30(23(46)16(10)39)56-28-14(7-37)53-32(25(48)21(28)44)55-27-13(6-36)50-29(49)22(45)20(27)43/h1,8,10-49H,2-7H2/t8-,10-,11?,12?,13?,14?,15+,16+,17-,18+,19-,20-,21-,22?,23?,24?,25?,26-,27-,28-,29?,30-,31-,32-/m1/s1. The van der Waals surface area contributed by atoms with Gasteiger partial charge in [-0.15, -0.1) is 0 Å². The number of ether oxygens (including phenoxy) is 7. The Morgan fingerprint density at radius 3 is 1.45 bits per heavy atom. The molecule has 0 aromatic rings. The predicted molar refractivity (Wildman–Crippen MR) is 173 cm³/mol. The van der Waals surface area contributed by atoms with Gasteiger partial charge in [0.2, 0.25) is 0 Å². The normalized spacial score (nSPS) is 51.8. The van der Waals surface area contributed by atoms with E-state index in [4.69, 9.17) is 33.2 Å². The van der Waals surface area contributed by atoms with Crippen molar-refractivity contribution >= 4 is 0 Å². The molecule has 0 aromatic heterocycles. The second kappa shape index (κ2) is 19.4. The molecule has 24 atom stereocenters. The summed E-state index contributed by atoms with van der Waals surface area (Å²) in [5, 5.41) is 177. The highest BCUT2D eigenvalue weighted by Crippen LogP contribution is 2.39. The Balaban J connectivity index is 1.25. The van der Waals surface area contributed by atoms with E-state index in [1.165, 1.54) is 6.08 Å². The highest BCUT2D eigenvalue weighted by molar-refractivity contribution is 5.20. The number of aliphatic hydroxyl groups excluding tert-OH is 17. The fourth-order valence-corrected chi connectivity index (χ4v) is 7.72. The lowest BCUT2D eigenvalue weighted by molar-refractivity contribution is -0.376. The Labute approximate surface area is 318 Å². The van der Waals surface area contributed by atoms with Crippen LogP contribution in [0.25, 0.3) is 0 Å². The molecule has 1 aliphatic carbocycles. The minimum atomic E-state index is -2.02. The van der Waals surface area contributed by atoms with Crippen LogP contribution in [0.3, 0.4) is 0 Å². The summed E-state index contributed by atoms with van der Waals surface area (Å²) in [6.07, 6.45) is -37.4. The van der Waals surface area contributed by atoms with Crippen molar-refractivity contribution in [3.05, 3.63) is 11.6 Å². The minimum absolute atomic E-state index is 0.0494. The van der Waals surface area contributed by atoms with E-state index in [9.17, 15) is 86.8 Å². The molecule has 0 aromatic carbocycles. The van der Waals surface area contributed by atoms with Gasteiger partial charge in [0.1, 0.15) is 91.6 Å². The van der Waals surface area contributed by atoms with Gasteiger partial charge >= 0.3 is 0 Å². The summed E-state index contributed by atoms with van der Waals surface area (Å²) in [5.41, 5.74) is -0.0494. The van der Waals surface area contributed by atoms with Crippen molar-refractivity contribution in [3.8, 4) is 0 Å². The molecule has 4 heterocycles. The van der Waals surface area contributed by atoms with Gasteiger partial charge < -0.3 is 120 Å². The van der Waals surface area contributed by atoms with Crippen LogP contribution in [-0.4, -0.2) is 255 Å². The maximum absolute atomic E-state index is 11.2. The molecule has 5 rings (SSSR count). The largest absolute Gasteiger partial charge is 0.394 e. The average molecular weight is 823 g/mol. The fraction of sp³-hybridized carbons (Fsp3) is 0.938. The van der Waals surface area contributed by atoms with E-state index >= 15 is 0 Å². The van der Waals surface area contributed by atoms with E-state index in [1.54, 1.807) is 0 Å². The van der Waals surface area contributed by atoms with Gasteiger partial charge in [0.05, 0.1) is 51.3 Å². The molecule has 0 saturated carbocycles. The first kappa shape index (κ1) is 45.9. The quantitative estimate of drug-likeness (QED) is 0.0767. The molecule has 326 valence electrons. The summed E-state index contributed by atoms with van der Waals surface area (Å²) < 4.78 is 38.4. The zero-order chi connectivity index (χ0) is 41.3.